The van der Waals surface area contributed by atoms with Crippen molar-refractivity contribution in [2.24, 2.45) is 0 Å². The van der Waals surface area contributed by atoms with Gasteiger partial charge in [-0.25, -0.2) is 0 Å². The van der Waals surface area contributed by atoms with Crippen molar-refractivity contribution < 1.29 is 8.83 Å². The molecule has 0 saturated heterocycles. The number of furan rings is 2. The molecule has 5 nitrogen and oxygen atoms in total. The van der Waals surface area contributed by atoms with Gasteiger partial charge in [0.25, 0.3) is 0 Å². The number of benzene rings is 14. The Kier molecular flexibility index (Phi) is 15.9. The number of hydrogen-bond acceptors (Lipinski definition) is 5. The second kappa shape index (κ2) is 24.9. The van der Waals surface area contributed by atoms with Crippen molar-refractivity contribution in [2.75, 3.05) is 14.7 Å². The maximum Gasteiger partial charge on any atom is 0.145 e. The highest BCUT2D eigenvalue weighted by molar-refractivity contribution is 6.26. The minimum Gasteiger partial charge on any atom is -0.455 e. The maximum atomic E-state index is 7.84. The fourth-order valence-electron chi connectivity index (χ4n) is 16.7. The number of para-hydroxylation sites is 2. The molecule has 16 aromatic rings. The van der Waals surface area contributed by atoms with Crippen LogP contribution in [0.1, 0.15) is 154 Å². The summed E-state index contributed by atoms with van der Waals surface area (Å²) in [6, 6.07) is 110. The average molecular weight is 1380 g/mol. The molecule has 2 aromatic heterocycles. The Labute approximate surface area is 625 Å². The molecule has 5 heteroatoms. The monoisotopic (exact) mass is 1380 g/mol. The van der Waals surface area contributed by atoms with Crippen molar-refractivity contribution in [2.45, 2.75) is 136 Å². The lowest BCUT2D eigenvalue weighted by Crippen LogP contribution is -2.29. The second-order valence-electron chi connectivity index (χ2n) is 34.6. The summed E-state index contributed by atoms with van der Waals surface area (Å²) in [5, 5.41) is 8.65. The first-order chi connectivity index (χ1) is 50.7. The molecule has 0 radical (unpaired) electrons. The van der Waals surface area contributed by atoms with Gasteiger partial charge in [-0.1, -0.05) is 298 Å². The number of hydrogen-bond donors (Lipinski definition) is 0. The number of fused-ring (bicyclic) bond motifs is 13. The third-order valence-electron chi connectivity index (χ3n) is 22.5. The minimum absolute atomic E-state index is 0.0279. The maximum absolute atomic E-state index is 7.84. The van der Waals surface area contributed by atoms with Crippen LogP contribution in [0.5, 0.6) is 0 Å². The molecule has 0 unspecified atom stereocenters. The Bertz CT molecular complexity index is 5720. The van der Waals surface area contributed by atoms with Crippen molar-refractivity contribution in [1.29, 1.82) is 0 Å². The number of nitrogens with zero attached hydrogens (tertiary/aromatic N) is 3. The van der Waals surface area contributed by atoms with E-state index < -0.39 is 5.41 Å². The molecule has 0 spiro atoms. The van der Waals surface area contributed by atoms with E-state index >= 15 is 0 Å². The van der Waals surface area contributed by atoms with Gasteiger partial charge in [0.15, 0.2) is 0 Å². The summed E-state index contributed by atoms with van der Waals surface area (Å²) in [5.41, 5.74) is 23.8. The summed E-state index contributed by atoms with van der Waals surface area (Å²) in [6.45, 7) is 34.5. The minimum atomic E-state index is -1.10. The highest BCUT2D eigenvalue weighted by Gasteiger charge is 2.51. The van der Waals surface area contributed by atoms with E-state index in [0.717, 1.165) is 150 Å². The normalized spacial score (nSPS) is 13.3. The Morgan fingerprint density at radius 3 is 0.840 bits per heavy atom. The summed E-state index contributed by atoms with van der Waals surface area (Å²) >= 11 is 0. The highest BCUT2D eigenvalue weighted by Crippen LogP contribution is 2.65. The Morgan fingerprint density at radius 2 is 0.509 bits per heavy atom. The van der Waals surface area contributed by atoms with Crippen LogP contribution >= 0.6 is 0 Å². The standard InChI is InChI=1S/C101H93N3O2/c1-96(2,3)66-38-40-71(41-39-66)101(72-50-60-75(61-51-72)102(73-52-42-67(43-53-73)97(4,5)6)74-54-44-68(45-55-74)98(7,8)9)82-62-86(103(76-56-46-69(47-57-76)99(10,11)12)84-34-24-28-64-26-16-18-30-78(64)84)90-80-32-20-22-36-88(80)105-94(90)92(82)93-83(101)63-87(91-81-33-21-23-37-89(81)106-95(91)93)104(77-58-48-70(49-59-77)100(13,14)15)85-35-25-29-65-27-17-19-31-79(65)85/h16-63H,1-15H3. The van der Waals surface area contributed by atoms with Gasteiger partial charge in [0.05, 0.1) is 38.9 Å². The molecule has 524 valence electrons. The van der Waals surface area contributed by atoms with Gasteiger partial charge < -0.3 is 23.5 Å². The van der Waals surface area contributed by atoms with Crippen LogP contribution in [-0.4, -0.2) is 0 Å². The number of anilines is 9. The summed E-state index contributed by atoms with van der Waals surface area (Å²) in [4.78, 5) is 7.48. The largest absolute Gasteiger partial charge is 0.455 e. The fraction of sp³-hybridized carbons (Fsp3) is 0.208. The summed E-state index contributed by atoms with van der Waals surface area (Å²) in [6.07, 6.45) is 0. The highest BCUT2D eigenvalue weighted by atomic mass is 16.3. The van der Waals surface area contributed by atoms with Crippen LogP contribution in [0.3, 0.4) is 0 Å². The first-order valence-corrected chi connectivity index (χ1v) is 37.7. The van der Waals surface area contributed by atoms with Crippen LogP contribution in [-0.2, 0) is 32.5 Å². The van der Waals surface area contributed by atoms with Crippen LogP contribution in [0.15, 0.2) is 300 Å². The van der Waals surface area contributed by atoms with E-state index in [9.17, 15) is 0 Å². The Morgan fingerprint density at radius 1 is 0.245 bits per heavy atom. The van der Waals surface area contributed by atoms with Crippen LogP contribution in [0.2, 0.25) is 0 Å². The molecule has 0 fully saturated rings. The Balaban J connectivity index is 1.06. The van der Waals surface area contributed by atoms with Crippen LogP contribution in [0.25, 0.3) is 76.5 Å². The molecule has 0 atom stereocenters. The number of rotatable bonds is 11. The lowest BCUT2D eigenvalue weighted by molar-refractivity contribution is 0.589. The van der Waals surface area contributed by atoms with Crippen molar-refractivity contribution in [3.05, 3.63) is 341 Å². The third kappa shape index (κ3) is 11.3. The van der Waals surface area contributed by atoms with Crippen molar-refractivity contribution >= 4 is 117 Å². The predicted octanol–water partition coefficient (Wildman–Crippen LogP) is 29.1. The van der Waals surface area contributed by atoms with E-state index in [-0.39, 0.29) is 27.1 Å². The van der Waals surface area contributed by atoms with Crippen LogP contribution in [0, 0.1) is 0 Å². The molecule has 0 aliphatic heterocycles. The van der Waals surface area contributed by atoms with E-state index in [2.05, 4.69) is 410 Å². The quantitative estimate of drug-likeness (QED) is 0.129. The zero-order valence-electron chi connectivity index (χ0n) is 63.9. The molecule has 14 aromatic carbocycles. The third-order valence-corrected chi connectivity index (χ3v) is 22.5. The van der Waals surface area contributed by atoms with Gasteiger partial charge >= 0.3 is 0 Å². The molecule has 0 N–H and O–H groups in total. The van der Waals surface area contributed by atoms with E-state index in [0.29, 0.717) is 0 Å². The Hall–Kier alpha value is -11.4. The van der Waals surface area contributed by atoms with Gasteiger partial charge in [0, 0.05) is 61.1 Å². The summed E-state index contributed by atoms with van der Waals surface area (Å²) in [5.74, 6) is 0. The van der Waals surface area contributed by atoms with E-state index in [1.807, 2.05) is 0 Å². The molecular formula is C101H93N3O2. The summed E-state index contributed by atoms with van der Waals surface area (Å²) in [7, 11) is 0. The molecule has 0 bridgehead atoms. The predicted molar refractivity (Wildman–Crippen MR) is 451 cm³/mol. The molecule has 106 heavy (non-hydrogen) atoms. The van der Waals surface area contributed by atoms with Crippen molar-refractivity contribution in [3.63, 3.8) is 0 Å². The van der Waals surface area contributed by atoms with Crippen molar-refractivity contribution in [1.82, 2.24) is 0 Å². The molecule has 1 aliphatic rings. The fourth-order valence-corrected chi connectivity index (χ4v) is 16.7. The molecule has 2 heterocycles. The van der Waals surface area contributed by atoms with Gasteiger partial charge in [-0.15, -0.1) is 0 Å². The lowest BCUT2D eigenvalue weighted by Gasteiger charge is -2.37. The van der Waals surface area contributed by atoms with Crippen LogP contribution < -0.4 is 14.7 Å². The van der Waals surface area contributed by atoms with E-state index in [1.54, 1.807) is 0 Å². The average Bonchev–Trinajstić information content (AvgIpc) is 1.50. The topological polar surface area (TPSA) is 36.0 Å². The SMILES string of the molecule is CC(C)(C)c1ccc(N(c2ccc(C(C)(C)C)cc2)c2ccc(C3(c4ccc(C(C)(C)C)cc4)c4cc(N(c5ccc(C(C)(C)C)cc5)c5cccc6ccccc56)c5c(oc6ccccc65)c4-c4c3cc(N(c3ccc(C(C)(C)C)cc3)c3cccc5ccccc35)c3c4oc4ccccc43)cc2)cc1. The van der Waals surface area contributed by atoms with Crippen LogP contribution in [0.4, 0.5) is 51.2 Å². The van der Waals surface area contributed by atoms with Gasteiger partial charge in [-0.3, -0.25) is 0 Å². The first-order valence-electron chi connectivity index (χ1n) is 37.7. The smallest absolute Gasteiger partial charge is 0.145 e. The van der Waals surface area contributed by atoms with Gasteiger partial charge in [0.1, 0.15) is 22.3 Å². The van der Waals surface area contributed by atoms with Gasteiger partial charge in [-0.05, 0) is 185 Å². The van der Waals surface area contributed by atoms with E-state index in [1.165, 1.54) is 27.8 Å². The lowest BCUT2D eigenvalue weighted by atomic mass is 9.67. The van der Waals surface area contributed by atoms with E-state index in [4.69, 9.17) is 8.83 Å². The summed E-state index contributed by atoms with van der Waals surface area (Å²) < 4.78 is 15.7. The van der Waals surface area contributed by atoms with Gasteiger partial charge in [0.2, 0.25) is 0 Å². The molecule has 0 saturated carbocycles. The second-order valence-corrected chi connectivity index (χ2v) is 34.6. The first kappa shape index (κ1) is 67.8. The molecule has 0 amide bonds. The molecule has 17 rings (SSSR count). The zero-order valence-corrected chi connectivity index (χ0v) is 63.9. The molecular weight excluding hydrogens is 1290 g/mol. The van der Waals surface area contributed by atoms with Gasteiger partial charge in [-0.2, -0.15) is 0 Å². The zero-order chi connectivity index (χ0) is 73.6. The molecule has 1 aliphatic carbocycles. The van der Waals surface area contributed by atoms with Crippen molar-refractivity contribution in [3.8, 4) is 11.1 Å².